The normalized spacial score (nSPS) is 20.9. The van der Waals surface area contributed by atoms with Gasteiger partial charge in [-0.25, -0.2) is 13.4 Å². The molecule has 1 fully saturated rings. The number of aryl methyl sites for hydroxylation is 1. The summed E-state index contributed by atoms with van der Waals surface area (Å²) in [5.41, 5.74) is 2.69. The number of fused-ring (bicyclic) bond motifs is 1. The first-order valence-electron chi connectivity index (χ1n) is 8.45. The summed E-state index contributed by atoms with van der Waals surface area (Å²) >= 11 is 0. The minimum atomic E-state index is -3.39. The average molecular weight is 343 g/mol. The minimum Gasteiger partial charge on any atom is -0.363 e. The fourth-order valence-electron chi connectivity index (χ4n) is 3.58. The van der Waals surface area contributed by atoms with E-state index in [1.165, 1.54) is 17.3 Å². The standard InChI is InChI=1S/C18H21N3O2S/c22-24(23,21-11-3-4-12-21)15-8-10-18(19-13-15)20-17-9-7-14-5-1-2-6-16(14)17/h1-2,5-6,8,10,13,17H,3-4,7,9,11-12H2,(H,19,20). The summed E-state index contributed by atoms with van der Waals surface area (Å²) in [7, 11) is -3.39. The first-order chi connectivity index (χ1) is 11.6. The summed E-state index contributed by atoms with van der Waals surface area (Å²) in [6, 6.07) is 12.1. The van der Waals surface area contributed by atoms with Crippen LogP contribution >= 0.6 is 0 Å². The van der Waals surface area contributed by atoms with Gasteiger partial charge in [-0.15, -0.1) is 0 Å². The first-order valence-corrected chi connectivity index (χ1v) is 9.89. The third-order valence-electron chi connectivity index (χ3n) is 4.89. The van der Waals surface area contributed by atoms with Crippen molar-refractivity contribution in [2.24, 2.45) is 0 Å². The molecule has 0 spiro atoms. The maximum Gasteiger partial charge on any atom is 0.244 e. The van der Waals surface area contributed by atoms with Gasteiger partial charge in [-0.3, -0.25) is 0 Å². The van der Waals surface area contributed by atoms with E-state index in [-0.39, 0.29) is 10.9 Å². The van der Waals surface area contributed by atoms with Crippen LogP contribution in [0.15, 0.2) is 47.5 Å². The molecule has 2 aliphatic rings. The van der Waals surface area contributed by atoms with Crippen molar-refractivity contribution in [3.63, 3.8) is 0 Å². The van der Waals surface area contributed by atoms with Crippen LogP contribution in [0.3, 0.4) is 0 Å². The molecule has 1 N–H and O–H groups in total. The number of hydrogen-bond acceptors (Lipinski definition) is 4. The average Bonchev–Trinajstić information content (AvgIpc) is 3.26. The molecular formula is C18H21N3O2S. The molecule has 2 heterocycles. The fourth-order valence-corrected chi connectivity index (χ4v) is 5.04. The van der Waals surface area contributed by atoms with Gasteiger partial charge in [0.2, 0.25) is 10.0 Å². The Morgan fingerprint density at radius 1 is 1.08 bits per heavy atom. The van der Waals surface area contributed by atoms with Gasteiger partial charge in [0.25, 0.3) is 0 Å². The summed E-state index contributed by atoms with van der Waals surface area (Å²) in [5.74, 6) is 0.720. The van der Waals surface area contributed by atoms with E-state index in [1.54, 1.807) is 16.4 Å². The number of pyridine rings is 1. The van der Waals surface area contributed by atoms with Crippen LogP contribution in [-0.4, -0.2) is 30.8 Å². The Labute approximate surface area is 142 Å². The van der Waals surface area contributed by atoms with Crippen molar-refractivity contribution < 1.29 is 8.42 Å². The number of benzene rings is 1. The third kappa shape index (κ3) is 2.80. The highest BCUT2D eigenvalue weighted by Gasteiger charge is 2.27. The molecular weight excluding hydrogens is 322 g/mol. The highest BCUT2D eigenvalue weighted by atomic mass is 32.2. The zero-order valence-electron chi connectivity index (χ0n) is 13.5. The van der Waals surface area contributed by atoms with Crippen molar-refractivity contribution in [3.8, 4) is 0 Å². The second-order valence-corrected chi connectivity index (χ2v) is 8.36. The van der Waals surface area contributed by atoms with Gasteiger partial charge >= 0.3 is 0 Å². The smallest absolute Gasteiger partial charge is 0.244 e. The SMILES string of the molecule is O=S(=O)(c1ccc(NC2CCc3ccccc32)nc1)N1CCCC1. The minimum absolute atomic E-state index is 0.245. The number of hydrogen-bond donors (Lipinski definition) is 1. The number of nitrogens with one attached hydrogen (secondary N) is 1. The van der Waals surface area contributed by atoms with E-state index in [9.17, 15) is 8.42 Å². The summed E-state index contributed by atoms with van der Waals surface area (Å²) < 4.78 is 26.6. The quantitative estimate of drug-likeness (QED) is 0.927. The van der Waals surface area contributed by atoms with Crippen molar-refractivity contribution in [1.82, 2.24) is 9.29 Å². The van der Waals surface area contributed by atoms with Crippen molar-refractivity contribution in [3.05, 3.63) is 53.7 Å². The summed E-state index contributed by atoms with van der Waals surface area (Å²) in [4.78, 5) is 4.62. The molecule has 1 aromatic carbocycles. The molecule has 1 saturated heterocycles. The van der Waals surface area contributed by atoms with Crippen molar-refractivity contribution in [2.45, 2.75) is 36.6 Å². The topological polar surface area (TPSA) is 62.3 Å². The Balaban J connectivity index is 1.51. The van der Waals surface area contributed by atoms with Crippen molar-refractivity contribution in [1.29, 1.82) is 0 Å². The number of anilines is 1. The number of rotatable bonds is 4. The summed E-state index contributed by atoms with van der Waals surface area (Å²) in [6.45, 7) is 1.22. The third-order valence-corrected chi connectivity index (χ3v) is 6.78. The molecule has 4 rings (SSSR count). The van der Waals surface area contributed by atoms with Crippen LogP contribution < -0.4 is 5.32 Å². The van der Waals surface area contributed by atoms with E-state index in [2.05, 4.69) is 34.6 Å². The van der Waals surface area contributed by atoms with Crippen LogP contribution in [-0.2, 0) is 16.4 Å². The lowest BCUT2D eigenvalue weighted by molar-refractivity contribution is 0.477. The van der Waals surface area contributed by atoms with Crippen LogP contribution in [0.1, 0.15) is 36.4 Å². The monoisotopic (exact) mass is 343 g/mol. The second kappa shape index (κ2) is 6.18. The van der Waals surface area contributed by atoms with Gasteiger partial charge in [-0.2, -0.15) is 4.31 Å². The van der Waals surface area contributed by atoms with E-state index in [0.29, 0.717) is 13.1 Å². The largest absolute Gasteiger partial charge is 0.363 e. The fraction of sp³-hybridized carbons (Fsp3) is 0.389. The lowest BCUT2D eigenvalue weighted by Gasteiger charge is -2.17. The Hall–Kier alpha value is -1.92. The van der Waals surface area contributed by atoms with Gasteiger partial charge in [-0.05, 0) is 48.9 Å². The summed E-state index contributed by atoms with van der Waals surface area (Å²) in [5, 5.41) is 3.43. The molecule has 1 aromatic heterocycles. The van der Waals surface area contributed by atoms with Gasteiger partial charge in [0.1, 0.15) is 10.7 Å². The van der Waals surface area contributed by atoms with E-state index in [4.69, 9.17) is 0 Å². The maximum atomic E-state index is 12.5. The van der Waals surface area contributed by atoms with E-state index < -0.39 is 10.0 Å². The van der Waals surface area contributed by atoms with E-state index >= 15 is 0 Å². The molecule has 0 saturated carbocycles. The molecule has 1 unspecified atom stereocenters. The highest BCUT2D eigenvalue weighted by Crippen LogP contribution is 2.33. The van der Waals surface area contributed by atoms with Crippen molar-refractivity contribution in [2.75, 3.05) is 18.4 Å². The molecule has 24 heavy (non-hydrogen) atoms. The molecule has 1 atom stereocenters. The van der Waals surface area contributed by atoms with Crippen LogP contribution in [0.4, 0.5) is 5.82 Å². The molecule has 2 aromatic rings. The Kier molecular flexibility index (Phi) is 4.02. The van der Waals surface area contributed by atoms with Gasteiger partial charge in [0.05, 0.1) is 6.04 Å². The molecule has 5 nitrogen and oxygen atoms in total. The number of nitrogens with zero attached hydrogens (tertiary/aromatic N) is 2. The second-order valence-electron chi connectivity index (χ2n) is 6.42. The van der Waals surface area contributed by atoms with Crippen molar-refractivity contribution >= 4 is 15.8 Å². The maximum absolute atomic E-state index is 12.5. The molecule has 0 amide bonds. The van der Waals surface area contributed by atoms with Gasteiger partial charge in [-0.1, -0.05) is 24.3 Å². The number of aromatic nitrogens is 1. The lowest BCUT2D eigenvalue weighted by atomic mass is 10.1. The van der Waals surface area contributed by atoms with E-state index in [1.807, 2.05) is 0 Å². The Morgan fingerprint density at radius 2 is 1.88 bits per heavy atom. The summed E-state index contributed by atoms with van der Waals surface area (Å²) in [6.07, 6.45) is 5.45. The molecule has 6 heteroatoms. The van der Waals surface area contributed by atoms with Crippen LogP contribution in [0.5, 0.6) is 0 Å². The molecule has 0 radical (unpaired) electrons. The molecule has 1 aliphatic heterocycles. The predicted molar refractivity (Wildman–Crippen MR) is 93.4 cm³/mol. The Bertz CT molecular complexity index is 828. The molecule has 0 bridgehead atoms. The van der Waals surface area contributed by atoms with Crippen LogP contribution in [0.2, 0.25) is 0 Å². The van der Waals surface area contributed by atoms with Gasteiger partial charge < -0.3 is 5.32 Å². The predicted octanol–water partition coefficient (Wildman–Crippen LogP) is 2.97. The Morgan fingerprint density at radius 3 is 2.62 bits per heavy atom. The zero-order chi connectivity index (χ0) is 16.6. The van der Waals surface area contributed by atoms with Gasteiger partial charge in [0, 0.05) is 19.3 Å². The van der Waals surface area contributed by atoms with Crippen LogP contribution in [0, 0.1) is 0 Å². The zero-order valence-corrected chi connectivity index (χ0v) is 14.3. The lowest BCUT2D eigenvalue weighted by Crippen LogP contribution is -2.27. The van der Waals surface area contributed by atoms with E-state index in [0.717, 1.165) is 31.5 Å². The first kappa shape index (κ1) is 15.6. The molecule has 1 aliphatic carbocycles. The highest BCUT2D eigenvalue weighted by molar-refractivity contribution is 7.89. The number of sulfonamides is 1. The van der Waals surface area contributed by atoms with Gasteiger partial charge in [0.15, 0.2) is 0 Å². The van der Waals surface area contributed by atoms with Crippen LogP contribution in [0.25, 0.3) is 0 Å². The molecule has 126 valence electrons.